The molecule has 3 aromatic carbocycles. The maximum atomic E-state index is 12.9. The third-order valence-electron chi connectivity index (χ3n) is 4.97. The Labute approximate surface area is 175 Å². The van der Waals surface area contributed by atoms with Crippen LogP contribution in [-0.4, -0.2) is 30.9 Å². The molecular formula is C24H24N2O4. The number of benzene rings is 3. The normalized spacial score (nSPS) is 11.4. The highest BCUT2D eigenvalue weighted by Gasteiger charge is 2.21. The van der Waals surface area contributed by atoms with Crippen molar-refractivity contribution in [1.29, 1.82) is 0 Å². The number of nitrogens with zero attached hydrogens (tertiary/aromatic N) is 1. The second kappa shape index (κ2) is 9.13. The summed E-state index contributed by atoms with van der Waals surface area (Å²) in [6, 6.07) is 21.0. The number of rotatable bonds is 7. The number of ether oxygens (including phenoxy) is 2. The van der Waals surface area contributed by atoms with Crippen LogP contribution in [-0.2, 0) is 0 Å². The topological polar surface area (TPSA) is 81.9 Å². The van der Waals surface area contributed by atoms with Gasteiger partial charge >= 0.3 is 0 Å². The molecule has 6 nitrogen and oxygen atoms in total. The molecule has 1 unspecified atom stereocenters. The lowest BCUT2D eigenvalue weighted by molar-refractivity contribution is 0.0741. The number of carbonyl (C=O) groups excluding carboxylic acids is 2. The maximum absolute atomic E-state index is 12.9. The molecule has 154 valence electrons. The average molecular weight is 404 g/mol. The summed E-state index contributed by atoms with van der Waals surface area (Å²) >= 11 is 0. The van der Waals surface area contributed by atoms with Gasteiger partial charge in [0.2, 0.25) is 5.91 Å². The first-order valence-corrected chi connectivity index (χ1v) is 9.48. The van der Waals surface area contributed by atoms with E-state index >= 15 is 0 Å². The second-order valence-electron chi connectivity index (χ2n) is 6.85. The molecule has 3 rings (SSSR count). The van der Waals surface area contributed by atoms with Crippen molar-refractivity contribution in [2.24, 2.45) is 5.73 Å². The molecule has 0 aliphatic carbocycles. The molecular weight excluding hydrogens is 380 g/mol. The van der Waals surface area contributed by atoms with Gasteiger partial charge in [0.25, 0.3) is 5.91 Å². The van der Waals surface area contributed by atoms with Gasteiger partial charge in [-0.25, -0.2) is 0 Å². The Bertz CT molecular complexity index is 1030. The van der Waals surface area contributed by atoms with Crippen LogP contribution in [0.4, 0.5) is 0 Å². The Hall–Kier alpha value is -3.80. The molecule has 2 amide bonds. The molecule has 0 saturated carbocycles. The highest BCUT2D eigenvalue weighted by molar-refractivity contribution is 5.94. The van der Waals surface area contributed by atoms with E-state index in [1.54, 1.807) is 67.6 Å². The summed E-state index contributed by atoms with van der Waals surface area (Å²) in [7, 11) is 3.39. The van der Waals surface area contributed by atoms with Gasteiger partial charge in [0.1, 0.15) is 17.2 Å². The quantitative estimate of drug-likeness (QED) is 0.632. The average Bonchev–Trinajstić information content (AvgIpc) is 2.78. The molecule has 1 atom stereocenters. The zero-order valence-electron chi connectivity index (χ0n) is 17.2. The molecule has 2 N–H and O–H groups in total. The number of methoxy groups -OCH3 is 1. The Kier molecular flexibility index (Phi) is 6.37. The zero-order chi connectivity index (χ0) is 21.7. The number of amides is 2. The van der Waals surface area contributed by atoms with Crippen LogP contribution in [0.3, 0.4) is 0 Å². The Morgan fingerprint density at radius 1 is 0.867 bits per heavy atom. The van der Waals surface area contributed by atoms with Gasteiger partial charge in [-0.3, -0.25) is 9.59 Å². The van der Waals surface area contributed by atoms with Gasteiger partial charge in [-0.05, 0) is 61.5 Å². The fourth-order valence-corrected chi connectivity index (χ4v) is 3.09. The standard InChI is InChI=1S/C24H24N2O4/c1-16(21-6-4-5-7-22(21)29-3)26(2)24(28)18-10-14-20(15-11-18)30-19-12-8-17(9-13-19)23(25)27/h4-16H,1-3H3,(H2,25,27). The SMILES string of the molecule is COc1ccccc1C(C)N(C)C(=O)c1ccc(Oc2ccc(C(N)=O)cc2)cc1. The molecule has 0 spiro atoms. The van der Waals surface area contributed by atoms with Crippen molar-refractivity contribution in [3.8, 4) is 17.2 Å². The van der Waals surface area contributed by atoms with Crippen molar-refractivity contribution in [2.45, 2.75) is 13.0 Å². The maximum Gasteiger partial charge on any atom is 0.254 e. The molecule has 0 aliphatic rings. The molecule has 0 bridgehead atoms. The van der Waals surface area contributed by atoms with Crippen LogP contribution < -0.4 is 15.2 Å². The summed E-state index contributed by atoms with van der Waals surface area (Å²) in [5, 5.41) is 0. The molecule has 0 saturated heterocycles. The lowest BCUT2D eigenvalue weighted by Gasteiger charge is -2.26. The number of nitrogens with two attached hydrogens (primary N) is 1. The number of hydrogen-bond donors (Lipinski definition) is 1. The van der Waals surface area contributed by atoms with Gasteiger partial charge in [0.05, 0.1) is 13.2 Å². The Morgan fingerprint density at radius 3 is 1.93 bits per heavy atom. The molecule has 30 heavy (non-hydrogen) atoms. The molecule has 6 heteroatoms. The van der Waals surface area contributed by atoms with E-state index in [1.807, 2.05) is 31.2 Å². The monoisotopic (exact) mass is 404 g/mol. The Balaban J connectivity index is 1.70. The third-order valence-corrected chi connectivity index (χ3v) is 4.97. The van der Waals surface area contributed by atoms with E-state index < -0.39 is 5.91 Å². The van der Waals surface area contributed by atoms with Crippen LogP contribution in [0, 0.1) is 0 Å². The minimum absolute atomic E-state index is 0.106. The van der Waals surface area contributed by atoms with Gasteiger partial charge in [0, 0.05) is 23.7 Å². The highest BCUT2D eigenvalue weighted by atomic mass is 16.5. The van der Waals surface area contributed by atoms with Crippen molar-refractivity contribution < 1.29 is 19.1 Å². The van der Waals surface area contributed by atoms with E-state index in [0.717, 1.165) is 11.3 Å². The van der Waals surface area contributed by atoms with Crippen molar-refractivity contribution in [2.75, 3.05) is 14.2 Å². The summed E-state index contributed by atoms with van der Waals surface area (Å²) < 4.78 is 11.2. The minimum atomic E-state index is -0.490. The predicted octanol–water partition coefficient (Wildman–Crippen LogP) is 4.42. The van der Waals surface area contributed by atoms with Crippen LogP contribution in [0.1, 0.15) is 39.2 Å². The van der Waals surface area contributed by atoms with Gasteiger partial charge in [0.15, 0.2) is 0 Å². The number of para-hydroxylation sites is 1. The fourth-order valence-electron chi connectivity index (χ4n) is 3.09. The van der Waals surface area contributed by atoms with E-state index in [0.29, 0.717) is 22.6 Å². The van der Waals surface area contributed by atoms with Crippen molar-refractivity contribution in [3.05, 3.63) is 89.5 Å². The first kappa shape index (κ1) is 20.9. The largest absolute Gasteiger partial charge is 0.496 e. The Morgan fingerprint density at radius 2 is 1.40 bits per heavy atom. The summed E-state index contributed by atoms with van der Waals surface area (Å²) in [5.41, 5.74) is 7.14. The van der Waals surface area contributed by atoms with Gasteiger partial charge in [-0.2, -0.15) is 0 Å². The van der Waals surface area contributed by atoms with Gasteiger partial charge in [-0.1, -0.05) is 18.2 Å². The molecule has 0 heterocycles. The van der Waals surface area contributed by atoms with Crippen LogP contribution >= 0.6 is 0 Å². The fraction of sp³-hybridized carbons (Fsp3) is 0.167. The molecule has 0 radical (unpaired) electrons. The predicted molar refractivity (Wildman–Crippen MR) is 115 cm³/mol. The van der Waals surface area contributed by atoms with E-state index in [2.05, 4.69) is 0 Å². The molecule has 0 aliphatic heterocycles. The second-order valence-corrected chi connectivity index (χ2v) is 6.85. The van der Waals surface area contributed by atoms with Crippen molar-refractivity contribution >= 4 is 11.8 Å². The smallest absolute Gasteiger partial charge is 0.254 e. The number of hydrogen-bond acceptors (Lipinski definition) is 4. The van der Waals surface area contributed by atoms with Crippen molar-refractivity contribution in [3.63, 3.8) is 0 Å². The minimum Gasteiger partial charge on any atom is -0.496 e. The van der Waals surface area contributed by atoms with Gasteiger partial charge < -0.3 is 20.1 Å². The lowest BCUT2D eigenvalue weighted by atomic mass is 10.0. The van der Waals surface area contributed by atoms with Crippen molar-refractivity contribution in [1.82, 2.24) is 4.90 Å². The number of primary amides is 1. The van der Waals surface area contributed by atoms with Crippen LogP contribution in [0.25, 0.3) is 0 Å². The lowest BCUT2D eigenvalue weighted by Crippen LogP contribution is -2.29. The molecule has 3 aromatic rings. The van der Waals surface area contributed by atoms with E-state index in [4.69, 9.17) is 15.2 Å². The number of carbonyl (C=O) groups is 2. The van der Waals surface area contributed by atoms with Gasteiger partial charge in [-0.15, -0.1) is 0 Å². The van der Waals surface area contributed by atoms with Crippen LogP contribution in [0.2, 0.25) is 0 Å². The molecule has 0 aromatic heterocycles. The van der Waals surface area contributed by atoms with Crippen LogP contribution in [0.5, 0.6) is 17.2 Å². The van der Waals surface area contributed by atoms with E-state index in [9.17, 15) is 9.59 Å². The highest BCUT2D eigenvalue weighted by Crippen LogP contribution is 2.29. The zero-order valence-corrected chi connectivity index (χ0v) is 17.2. The van der Waals surface area contributed by atoms with E-state index in [1.165, 1.54) is 0 Å². The summed E-state index contributed by atoms with van der Waals surface area (Å²) in [4.78, 5) is 25.7. The summed E-state index contributed by atoms with van der Waals surface area (Å²) in [6.45, 7) is 1.96. The first-order chi connectivity index (χ1) is 14.4. The third kappa shape index (κ3) is 4.60. The molecule has 0 fully saturated rings. The van der Waals surface area contributed by atoms with Crippen LogP contribution in [0.15, 0.2) is 72.8 Å². The summed E-state index contributed by atoms with van der Waals surface area (Å²) in [5.74, 6) is 1.30. The first-order valence-electron chi connectivity index (χ1n) is 9.48. The summed E-state index contributed by atoms with van der Waals surface area (Å²) in [6.07, 6.45) is 0. The van der Waals surface area contributed by atoms with E-state index in [-0.39, 0.29) is 11.9 Å².